The molecule has 0 aliphatic heterocycles. The summed E-state index contributed by atoms with van der Waals surface area (Å²) >= 11 is 0. The van der Waals surface area contributed by atoms with Crippen molar-refractivity contribution < 1.29 is 111 Å². The van der Waals surface area contributed by atoms with Crippen molar-refractivity contribution in [2.45, 2.75) is 6.54 Å². The van der Waals surface area contributed by atoms with E-state index in [4.69, 9.17) is 0 Å². The molecule has 6 aromatic rings. The molecule has 65 heavy (non-hydrogen) atoms. The zero-order chi connectivity index (χ0) is 48.7. The second-order valence-corrected chi connectivity index (χ2v) is 12.7. The van der Waals surface area contributed by atoms with Crippen molar-refractivity contribution in [2.24, 2.45) is 0 Å². The van der Waals surface area contributed by atoms with Crippen LogP contribution in [0.3, 0.4) is 0 Å². The summed E-state index contributed by atoms with van der Waals surface area (Å²) in [5, 5.41) is 0. The van der Waals surface area contributed by atoms with Gasteiger partial charge in [-0.3, -0.25) is 9.78 Å². The number of benzene rings is 5. The van der Waals surface area contributed by atoms with Gasteiger partial charge in [-0.05, 0) is 0 Å². The molecule has 0 aliphatic rings. The van der Waals surface area contributed by atoms with Gasteiger partial charge in [-0.2, -0.15) is 4.57 Å². The SMILES string of the molecule is Fc1c(F)c(F)c([B-](c2c(F)c(F)c(F)c(F)c2F)(c2c(F)c(F)c(F)c(F)c2F)c2c(F)c(F)c(F)c(F)c2F)c(F)c1F.O=C(C[n+]1ccncc1C(=O)OCF)c1ccccc1. The molecule has 27 heteroatoms. The Hall–Kier alpha value is -7.09. The largest absolute Gasteiger partial charge is 0.426 e. The molecule has 0 N–H and O–H groups in total. The Morgan fingerprint density at radius 1 is 0.462 bits per heavy atom. The molecule has 342 valence electrons. The number of hydrogen-bond donors (Lipinski definition) is 0. The van der Waals surface area contributed by atoms with Crippen LogP contribution in [0.25, 0.3) is 0 Å². The van der Waals surface area contributed by atoms with Crippen LogP contribution in [0.15, 0.2) is 48.9 Å². The number of esters is 1. The van der Waals surface area contributed by atoms with E-state index in [1.54, 1.807) is 30.3 Å². The van der Waals surface area contributed by atoms with Gasteiger partial charge in [0, 0.05) is 5.56 Å². The lowest BCUT2D eigenvalue weighted by Gasteiger charge is -2.44. The lowest BCUT2D eigenvalue weighted by atomic mass is 9.12. The molecule has 0 saturated heterocycles. The molecule has 0 aliphatic carbocycles. The van der Waals surface area contributed by atoms with E-state index in [9.17, 15) is 66.7 Å². The molecule has 0 amide bonds. The first-order chi connectivity index (χ1) is 30.4. The number of halogens is 21. The van der Waals surface area contributed by atoms with E-state index >= 15 is 35.1 Å². The van der Waals surface area contributed by atoms with Crippen LogP contribution in [-0.4, -0.2) is 29.7 Å². The third kappa shape index (κ3) is 7.95. The molecule has 0 fully saturated rings. The van der Waals surface area contributed by atoms with Crippen LogP contribution in [0.1, 0.15) is 20.8 Å². The average molecular weight is 954 g/mol. The van der Waals surface area contributed by atoms with Crippen molar-refractivity contribution in [2.75, 3.05) is 6.86 Å². The Morgan fingerprint density at radius 2 is 0.754 bits per heavy atom. The van der Waals surface area contributed by atoms with Crippen molar-refractivity contribution in [3.05, 3.63) is 177 Å². The van der Waals surface area contributed by atoms with Gasteiger partial charge in [-0.15, -0.1) is 21.9 Å². The highest BCUT2D eigenvalue weighted by Gasteiger charge is 2.52. The molecule has 1 heterocycles. The first-order valence-electron chi connectivity index (χ1n) is 16.8. The van der Waals surface area contributed by atoms with E-state index in [0.29, 0.717) is 5.56 Å². The molecule has 0 radical (unpaired) electrons. The number of carbonyl (C=O) groups excluding carboxylic acids is 2. The number of ether oxygens (including phenoxy) is 1. The summed E-state index contributed by atoms with van der Waals surface area (Å²) in [5.41, 5.74) is -13.8. The van der Waals surface area contributed by atoms with Gasteiger partial charge in [-0.1, -0.05) is 30.3 Å². The standard InChI is InChI=1S/C24BF20.C14H12FN2O3/c26-5-1(6(27)14(35)21(42)13(5)34)25(2-7(28)15(36)22(43)16(37)8(2)29,3-9(30)17(38)23(44)18(39)10(3)31)4-11(32)19(40)24(45)20(41)12(4)33;15-10-20-14(19)12-8-16-6-7-17(12)9-13(18)11-4-2-1-3-5-11/h;1-8H,9-10H2/q-1;+1. The van der Waals surface area contributed by atoms with Gasteiger partial charge in [0.05, 0.1) is 6.20 Å². The number of aromatic nitrogens is 2. The molecule has 5 aromatic carbocycles. The topological polar surface area (TPSA) is 60.1 Å². The van der Waals surface area contributed by atoms with E-state index in [1.165, 1.54) is 23.2 Å². The zero-order valence-corrected chi connectivity index (χ0v) is 30.7. The van der Waals surface area contributed by atoms with Crippen LogP contribution in [0.4, 0.5) is 92.2 Å². The predicted molar refractivity (Wildman–Crippen MR) is 176 cm³/mol. The first-order valence-corrected chi connectivity index (χ1v) is 16.8. The minimum Gasteiger partial charge on any atom is -0.426 e. The highest BCUT2D eigenvalue weighted by molar-refractivity contribution is 7.20. The molecule has 5 nitrogen and oxygen atoms in total. The molecule has 1 aromatic heterocycles. The van der Waals surface area contributed by atoms with Crippen LogP contribution < -0.4 is 26.4 Å². The van der Waals surface area contributed by atoms with E-state index in [-0.39, 0.29) is 18.0 Å². The smallest absolute Gasteiger partial charge is 0.407 e. The number of nitrogens with zero attached hydrogens (tertiary/aromatic N) is 2. The Morgan fingerprint density at radius 3 is 1.05 bits per heavy atom. The van der Waals surface area contributed by atoms with Crippen LogP contribution in [-0.2, 0) is 11.3 Å². The average Bonchev–Trinajstić information content (AvgIpc) is 3.29. The summed E-state index contributed by atoms with van der Waals surface area (Å²) < 4.78 is 312. The summed E-state index contributed by atoms with van der Waals surface area (Å²) in [6.45, 7) is -1.27. The van der Waals surface area contributed by atoms with Gasteiger partial charge in [0.1, 0.15) is 58.9 Å². The third-order valence-electron chi connectivity index (χ3n) is 9.35. The Balaban J connectivity index is 0.000000330. The minimum atomic E-state index is -7.22. The van der Waals surface area contributed by atoms with Crippen molar-refractivity contribution in [3.8, 4) is 0 Å². The van der Waals surface area contributed by atoms with Gasteiger partial charge < -0.3 is 4.74 Å². The maximum atomic E-state index is 15.4. The second-order valence-electron chi connectivity index (χ2n) is 12.7. The number of ketones is 1. The van der Waals surface area contributed by atoms with Gasteiger partial charge in [-0.25, -0.2) is 97.0 Å². The molecule has 0 bridgehead atoms. The van der Waals surface area contributed by atoms with Crippen LogP contribution in [0, 0.1) is 116 Å². The highest BCUT2D eigenvalue weighted by atomic mass is 19.2. The van der Waals surface area contributed by atoms with Crippen LogP contribution in [0.2, 0.25) is 0 Å². The summed E-state index contributed by atoms with van der Waals surface area (Å²) in [4.78, 5) is 27.4. The van der Waals surface area contributed by atoms with E-state index in [0.717, 1.165) is 0 Å². The van der Waals surface area contributed by atoms with E-state index < -0.39 is 157 Å². The quantitative estimate of drug-likeness (QED) is 0.0294. The number of Topliss-reactive ketones (excluding diaryl/α,β-unsaturated/α-hetero) is 1. The predicted octanol–water partition coefficient (Wildman–Crippen LogP) is 7.18. The number of rotatable bonds is 9. The number of alkyl halides is 1. The van der Waals surface area contributed by atoms with Crippen molar-refractivity contribution in [1.29, 1.82) is 0 Å². The lowest BCUT2D eigenvalue weighted by Crippen LogP contribution is -2.81. The van der Waals surface area contributed by atoms with E-state index in [2.05, 4.69) is 9.72 Å². The van der Waals surface area contributed by atoms with Crippen LogP contribution >= 0.6 is 0 Å². The molecule has 0 atom stereocenters. The van der Waals surface area contributed by atoms with Gasteiger partial charge >= 0.3 is 11.7 Å². The fourth-order valence-corrected chi connectivity index (χ4v) is 6.56. The Bertz CT molecular complexity index is 2540. The van der Waals surface area contributed by atoms with Crippen molar-refractivity contribution in [1.82, 2.24) is 4.98 Å². The zero-order valence-electron chi connectivity index (χ0n) is 30.7. The maximum absolute atomic E-state index is 15.4. The minimum absolute atomic E-state index is 0.0226. The Labute approximate surface area is 345 Å². The number of carbonyl (C=O) groups is 2. The summed E-state index contributed by atoms with van der Waals surface area (Å²) in [7, 11) is 0. The van der Waals surface area contributed by atoms with Crippen LogP contribution in [0.5, 0.6) is 0 Å². The Kier molecular flexibility index (Phi) is 14.0. The second kappa shape index (κ2) is 18.6. The van der Waals surface area contributed by atoms with E-state index in [1.807, 2.05) is 0 Å². The van der Waals surface area contributed by atoms with Crippen molar-refractivity contribution >= 4 is 39.7 Å². The fraction of sp³-hybridized carbons (Fsp3) is 0.0526. The molecule has 0 unspecified atom stereocenters. The molecular formula is C38H12BF21N2O3. The maximum Gasteiger partial charge on any atom is 0.407 e. The summed E-state index contributed by atoms with van der Waals surface area (Å²) in [6.07, 6.45) is -3.08. The van der Waals surface area contributed by atoms with Gasteiger partial charge in [0.2, 0.25) is 19.2 Å². The molecule has 6 rings (SSSR count). The van der Waals surface area contributed by atoms with Crippen molar-refractivity contribution in [3.63, 3.8) is 0 Å². The van der Waals surface area contributed by atoms with Gasteiger partial charge in [0.15, 0.2) is 76.0 Å². The monoisotopic (exact) mass is 954 g/mol. The molecule has 0 saturated carbocycles. The fourth-order valence-electron chi connectivity index (χ4n) is 6.56. The van der Waals surface area contributed by atoms with Gasteiger partial charge in [0.25, 0.3) is 0 Å². The summed E-state index contributed by atoms with van der Waals surface area (Å²) in [5.74, 6) is -72.4. The number of hydrogen-bond acceptors (Lipinski definition) is 4. The highest BCUT2D eigenvalue weighted by Crippen LogP contribution is 2.30. The molecular weight excluding hydrogens is 942 g/mol. The normalized spacial score (nSPS) is 11.4. The molecule has 0 spiro atoms. The first kappa shape index (κ1) is 48.9. The summed E-state index contributed by atoms with van der Waals surface area (Å²) in [6, 6.07) is 8.68. The third-order valence-corrected chi connectivity index (χ3v) is 9.35. The lowest BCUT2D eigenvalue weighted by molar-refractivity contribution is -0.686.